The van der Waals surface area contributed by atoms with E-state index < -0.39 is 28.0 Å². The second kappa shape index (κ2) is 4.63. The molecule has 0 aliphatic carbocycles. The van der Waals surface area contributed by atoms with Gasteiger partial charge in [0.05, 0.1) is 11.8 Å². The lowest BCUT2D eigenvalue weighted by atomic mass is 9.95. The van der Waals surface area contributed by atoms with Crippen LogP contribution in [0.2, 0.25) is 0 Å². The Hall–Kier alpha value is -1.37. The molecule has 0 radical (unpaired) electrons. The highest BCUT2D eigenvalue weighted by atomic mass is 32.2. The van der Waals surface area contributed by atoms with Gasteiger partial charge in [-0.3, -0.25) is 9.59 Å². The summed E-state index contributed by atoms with van der Waals surface area (Å²) in [5.41, 5.74) is 0. The van der Waals surface area contributed by atoms with Crippen LogP contribution in [0.4, 0.5) is 0 Å². The van der Waals surface area contributed by atoms with Crippen molar-refractivity contribution in [1.29, 1.82) is 0 Å². The van der Waals surface area contributed by atoms with Crippen molar-refractivity contribution in [3.8, 4) is 0 Å². The van der Waals surface area contributed by atoms with Crippen LogP contribution >= 0.6 is 0 Å². The molecule has 0 bridgehead atoms. The van der Waals surface area contributed by atoms with Gasteiger partial charge in [-0.25, -0.2) is 8.42 Å². The van der Waals surface area contributed by atoms with Gasteiger partial charge in [0.15, 0.2) is 9.84 Å². The minimum Gasteiger partial charge on any atom is -0.343 e. The van der Waals surface area contributed by atoms with Crippen LogP contribution in [-0.4, -0.2) is 49.0 Å². The normalized spacial score (nSPS) is 33.9. The molecule has 6 nitrogen and oxygen atoms in total. The first kappa shape index (κ1) is 14.0. The quantitative estimate of drug-likeness (QED) is 0.753. The molecule has 0 saturated carbocycles. The summed E-state index contributed by atoms with van der Waals surface area (Å²) in [6.45, 7) is 5.29. The van der Waals surface area contributed by atoms with Crippen LogP contribution in [-0.2, 0) is 19.4 Å². The number of carbonyl (C=O) groups excluding carboxylic acids is 2. The zero-order valence-electron chi connectivity index (χ0n) is 11.2. The Morgan fingerprint density at radius 1 is 1.37 bits per heavy atom. The number of carbonyl (C=O) groups is 2. The third kappa shape index (κ3) is 2.51. The average Bonchev–Trinajstić information content (AvgIpc) is 2.62. The highest BCUT2D eigenvalue weighted by Crippen LogP contribution is 2.24. The molecule has 3 atom stereocenters. The SMILES string of the molecule is CC1NC(=O)C(C(C)C)N(C2C=CS(=O)(=O)C2)C1=O. The maximum atomic E-state index is 12.3. The van der Waals surface area contributed by atoms with E-state index in [2.05, 4.69) is 5.32 Å². The molecular weight excluding hydrogens is 268 g/mol. The van der Waals surface area contributed by atoms with Crippen LogP contribution in [0.15, 0.2) is 11.5 Å². The fourth-order valence-corrected chi connectivity index (χ4v) is 3.85. The summed E-state index contributed by atoms with van der Waals surface area (Å²) in [7, 11) is -3.26. The van der Waals surface area contributed by atoms with Crippen molar-refractivity contribution in [3.05, 3.63) is 11.5 Å². The second-order valence-corrected chi connectivity index (χ2v) is 7.32. The fraction of sp³-hybridized carbons (Fsp3) is 0.667. The van der Waals surface area contributed by atoms with Crippen molar-refractivity contribution in [2.24, 2.45) is 5.92 Å². The topological polar surface area (TPSA) is 83.6 Å². The van der Waals surface area contributed by atoms with E-state index in [4.69, 9.17) is 0 Å². The summed E-state index contributed by atoms with van der Waals surface area (Å²) >= 11 is 0. The van der Waals surface area contributed by atoms with Gasteiger partial charge in [0.1, 0.15) is 12.1 Å². The Morgan fingerprint density at radius 3 is 2.47 bits per heavy atom. The molecule has 1 saturated heterocycles. The largest absolute Gasteiger partial charge is 0.343 e. The predicted octanol–water partition coefficient (Wildman–Crippen LogP) is -0.331. The van der Waals surface area contributed by atoms with Crippen LogP contribution in [0.3, 0.4) is 0 Å². The van der Waals surface area contributed by atoms with E-state index in [0.717, 1.165) is 5.41 Å². The number of rotatable bonds is 2. The lowest BCUT2D eigenvalue weighted by molar-refractivity contribution is -0.152. The molecule has 2 aliphatic heterocycles. The van der Waals surface area contributed by atoms with Gasteiger partial charge in [0, 0.05) is 5.41 Å². The van der Waals surface area contributed by atoms with Gasteiger partial charge in [-0.2, -0.15) is 0 Å². The van der Waals surface area contributed by atoms with E-state index in [-0.39, 0.29) is 23.5 Å². The molecule has 0 aromatic heterocycles. The zero-order valence-corrected chi connectivity index (χ0v) is 12.0. The van der Waals surface area contributed by atoms with E-state index in [1.165, 1.54) is 11.0 Å². The van der Waals surface area contributed by atoms with Gasteiger partial charge in [-0.15, -0.1) is 0 Å². The average molecular weight is 286 g/mol. The summed E-state index contributed by atoms with van der Waals surface area (Å²) in [6, 6.07) is -1.77. The van der Waals surface area contributed by atoms with Crippen molar-refractivity contribution >= 4 is 21.7 Å². The molecule has 2 rings (SSSR count). The number of sulfone groups is 1. The van der Waals surface area contributed by atoms with Crippen molar-refractivity contribution in [1.82, 2.24) is 10.2 Å². The standard InChI is InChI=1S/C12H18N2O4S/c1-7(2)10-11(15)13-8(3)12(16)14(10)9-4-5-19(17,18)6-9/h4-5,7-10H,6H2,1-3H3,(H,13,15). The molecule has 0 aromatic carbocycles. The molecule has 3 unspecified atom stereocenters. The molecular formula is C12H18N2O4S. The van der Waals surface area contributed by atoms with E-state index in [9.17, 15) is 18.0 Å². The Labute approximate surface area is 112 Å². The highest BCUT2D eigenvalue weighted by Gasteiger charge is 2.44. The van der Waals surface area contributed by atoms with Crippen molar-refractivity contribution in [2.75, 3.05) is 5.75 Å². The fourth-order valence-electron chi connectivity index (χ4n) is 2.57. The van der Waals surface area contributed by atoms with Crippen LogP contribution in [0.25, 0.3) is 0 Å². The number of amides is 2. The molecule has 0 aromatic rings. The molecule has 106 valence electrons. The van der Waals surface area contributed by atoms with Crippen LogP contribution < -0.4 is 5.32 Å². The first-order chi connectivity index (χ1) is 8.73. The van der Waals surface area contributed by atoms with Crippen LogP contribution in [0, 0.1) is 5.92 Å². The zero-order chi connectivity index (χ0) is 14.4. The molecule has 2 aliphatic rings. The highest BCUT2D eigenvalue weighted by molar-refractivity contribution is 7.94. The molecule has 1 N–H and O–H groups in total. The molecule has 2 heterocycles. The monoisotopic (exact) mass is 286 g/mol. The van der Waals surface area contributed by atoms with Crippen molar-refractivity contribution < 1.29 is 18.0 Å². The molecule has 1 fully saturated rings. The minimum atomic E-state index is -3.26. The number of hydrogen-bond acceptors (Lipinski definition) is 4. The third-order valence-corrected chi connectivity index (χ3v) is 4.83. The summed E-state index contributed by atoms with van der Waals surface area (Å²) in [5.74, 6) is -0.667. The predicted molar refractivity (Wildman–Crippen MR) is 69.8 cm³/mol. The summed E-state index contributed by atoms with van der Waals surface area (Å²) in [5, 5.41) is 3.76. The molecule has 2 amide bonds. The van der Waals surface area contributed by atoms with E-state index >= 15 is 0 Å². The number of piperazine rings is 1. The van der Waals surface area contributed by atoms with Gasteiger partial charge in [0.25, 0.3) is 0 Å². The van der Waals surface area contributed by atoms with Crippen LogP contribution in [0.5, 0.6) is 0 Å². The Balaban J connectivity index is 2.35. The summed E-state index contributed by atoms with van der Waals surface area (Å²) in [6.07, 6.45) is 1.49. The van der Waals surface area contributed by atoms with E-state index in [1.54, 1.807) is 6.92 Å². The lowest BCUT2D eigenvalue weighted by Gasteiger charge is -2.42. The van der Waals surface area contributed by atoms with Gasteiger partial charge < -0.3 is 10.2 Å². The maximum Gasteiger partial charge on any atom is 0.246 e. The van der Waals surface area contributed by atoms with Gasteiger partial charge in [-0.1, -0.05) is 13.8 Å². The maximum absolute atomic E-state index is 12.3. The molecule has 7 heteroatoms. The van der Waals surface area contributed by atoms with E-state index in [0.29, 0.717) is 0 Å². The van der Waals surface area contributed by atoms with Gasteiger partial charge in [0.2, 0.25) is 11.8 Å². The Morgan fingerprint density at radius 2 is 2.00 bits per heavy atom. The first-order valence-corrected chi connectivity index (χ1v) is 7.98. The van der Waals surface area contributed by atoms with Crippen LogP contribution in [0.1, 0.15) is 20.8 Å². The Kier molecular flexibility index (Phi) is 3.42. The second-order valence-electron chi connectivity index (χ2n) is 5.39. The van der Waals surface area contributed by atoms with Gasteiger partial charge in [-0.05, 0) is 18.9 Å². The number of nitrogens with zero attached hydrogens (tertiary/aromatic N) is 1. The molecule has 0 spiro atoms. The summed E-state index contributed by atoms with van der Waals surface area (Å²) in [4.78, 5) is 25.7. The van der Waals surface area contributed by atoms with Crippen molar-refractivity contribution in [3.63, 3.8) is 0 Å². The number of nitrogens with one attached hydrogen (secondary N) is 1. The first-order valence-electron chi connectivity index (χ1n) is 6.26. The number of hydrogen-bond donors (Lipinski definition) is 1. The minimum absolute atomic E-state index is 0.0758. The Bertz CT molecular complexity index is 538. The van der Waals surface area contributed by atoms with Gasteiger partial charge >= 0.3 is 0 Å². The van der Waals surface area contributed by atoms with E-state index in [1.807, 2.05) is 13.8 Å². The molecule has 19 heavy (non-hydrogen) atoms. The van der Waals surface area contributed by atoms with Crippen molar-refractivity contribution in [2.45, 2.75) is 38.9 Å². The summed E-state index contributed by atoms with van der Waals surface area (Å²) < 4.78 is 23.0. The lowest BCUT2D eigenvalue weighted by Crippen LogP contribution is -2.66. The third-order valence-electron chi connectivity index (χ3n) is 3.45. The smallest absolute Gasteiger partial charge is 0.246 e.